The van der Waals surface area contributed by atoms with Crippen molar-refractivity contribution in [3.63, 3.8) is 0 Å². The van der Waals surface area contributed by atoms with Gasteiger partial charge in [-0.05, 0) is 18.2 Å². The van der Waals surface area contributed by atoms with E-state index in [1.165, 1.54) is 18.2 Å². The van der Waals surface area contributed by atoms with Crippen molar-refractivity contribution in [2.75, 3.05) is 19.7 Å². The number of hydrogen-bond donors (Lipinski definition) is 1. The van der Waals surface area contributed by atoms with E-state index in [2.05, 4.69) is 15.5 Å². The molecule has 0 amide bonds. The van der Waals surface area contributed by atoms with E-state index in [0.717, 1.165) is 13.1 Å². The Morgan fingerprint density at radius 3 is 3.10 bits per heavy atom. The van der Waals surface area contributed by atoms with Gasteiger partial charge in [-0.15, -0.1) is 0 Å². The third-order valence-corrected chi connectivity index (χ3v) is 3.36. The van der Waals surface area contributed by atoms with E-state index in [1.54, 1.807) is 0 Å². The van der Waals surface area contributed by atoms with Crippen molar-refractivity contribution in [2.45, 2.75) is 12.5 Å². The number of rotatable bonds is 3. The number of ether oxygens (including phenoxy) is 1. The van der Waals surface area contributed by atoms with Crippen LogP contribution in [-0.2, 0) is 11.2 Å². The molecule has 0 aliphatic carbocycles. The molecule has 1 N–H and O–H groups in total. The molecule has 1 aromatic carbocycles. The van der Waals surface area contributed by atoms with Gasteiger partial charge in [-0.3, -0.25) is 0 Å². The van der Waals surface area contributed by atoms with E-state index in [4.69, 9.17) is 20.9 Å². The molecule has 0 bridgehead atoms. The second kappa shape index (κ2) is 5.87. The summed E-state index contributed by atoms with van der Waals surface area (Å²) in [5.41, 5.74) is 0.547. The highest BCUT2D eigenvalue weighted by Crippen LogP contribution is 2.26. The molecule has 1 saturated heterocycles. The molecular formula is C13H13ClFN3O2. The molecule has 1 aliphatic heterocycles. The fraction of sp³-hybridized carbons (Fsp3) is 0.385. The van der Waals surface area contributed by atoms with Crippen molar-refractivity contribution in [1.29, 1.82) is 0 Å². The average molecular weight is 298 g/mol. The Bertz CT molecular complexity index is 599. The molecule has 0 radical (unpaired) electrons. The monoisotopic (exact) mass is 297 g/mol. The van der Waals surface area contributed by atoms with Gasteiger partial charge in [0.2, 0.25) is 11.7 Å². The minimum absolute atomic E-state index is 0.0285. The molecule has 0 saturated carbocycles. The van der Waals surface area contributed by atoms with Gasteiger partial charge in [-0.2, -0.15) is 4.98 Å². The first-order valence-corrected chi connectivity index (χ1v) is 6.70. The molecule has 2 aromatic rings. The summed E-state index contributed by atoms with van der Waals surface area (Å²) in [6.45, 7) is 2.29. The van der Waals surface area contributed by atoms with Crippen molar-refractivity contribution in [3.05, 3.63) is 34.9 Å². The molecule has 7 heteroatoms. The molecule has 5 nitrogen and oxygen atoms in total. The first kappa shape index (κ1) is 13.5. The fourth-order valence-electron chi connectivity index (χ4n) is 2.06. The van der Waals surface area contributed by atoms with E-state index in [9.17, 15) is 4.39 Å². The molecule has 1 fully saturated rings. The summed E-state index contributed by atoms with van der Waals surface area (Å²) >= 11 is 5.97. The van der Waals surface area contributed by atoms with E-state index in [1.807, 2.05) is 0 Å². The predicted molar refractivity (Wildman–Crippen MR) is 71.0 cm³/mol. The molecular weight excluding hydrogens is 285 g/mol. The third-order valence-electron chi connectivity index (χ3n) is 3.05. The Hall–Kier alpha value is -1.50. The van der Waals surface area contributed by atoms with Crippen LogP contribution >= 0.6 is 11.6 Å². The van der Waals surface area contributed by atoms with Crippen molar-refractivity contribution < 1.29 is 13.7 Å². The van der Waals surface area contributed by atoms with Crippen LogP contribution in [0.5, 0.6) is 0 Å². The van der Waals surface area contributed by atoms with Crippen LogP contribution < -0.4 is 5.32 Å². The average Bonchev–Trinajstić information content (AvgIpc) is 2.88. The van der Waals surface area contributed by atoms with Crippen molar-refractivity contribution in [3.8, 4) is 11.4 Å². The lowest BCUT2D eigenvalue weighted by atomic mass is 10.2. The summed E-state index contributed by atoms with van der Waals surface area (Å²) in [5, 5.41) is 7.36. The summed E-state index contributed by atoms with van der Waals surface area (Å²) in [6.07, 6.45) is 0.569. The first-order valence-electron chi connectivity index (χ1n) is 6.33. The first-order chi connectivity index (χ1) is 9.72. The third kappa shape index (κ3) is 2.98. The van der Waals surface area contributed by atoms with E-state index >= 15 is 0 Å². The molecule has 106 valence electrons. The van der Waals surface area contributed by atoms with Gasteiger partial charge in [-0.25, -0.2) is 4.39 Å². The van der Waals surface area contributed by atoms with Crippen molar-refractivity contribution in [2.24, 2.45) is 0 Å². The van der Waals surface area contributed by atoms with Gasteiger partial charge in [0.25, 0.3) is 0 Å². The quantitative estimate of drug-likeness (QED) is 0.939. The van der Waals surface area contributed by atoms with Crippen LogP contribution in [0.15, 0.2) is 22.7 Å². The predicted octanol–water partition coefficient (Wildman–Crippen LogP) is 2.06. The molecule has 1 aromatic heterocycles. The normalized spacial score (nSPS) is 19.2. The van der Waals surface area contributed by atoms with E-state index in [0.29, 0.717) is 30.3 Å². The number of halogens is 2. The molecule has 1 aliphatic rings. The number of hydrogen-bond acceptors (Lipinski definition) is 5. The maximum absolute atomic E-state index is 13.0. The van der Waals surface area contributed by atoms with Crippen LogP contribution in [-0.4, -0.2) is 35.9 Å². The number of morpholine rings is 1. The highest BCUT2D eigenvalue weighted by Gasteiger charge is 2.19. The Morgan fingerprint density at radius 1 is 1.45 bits per heavy atom. The summed E-state index contributed by atoms with van der Waals surface area (Å²) in [4.78, 5) is 4.27. The second-order valence-electron chi connectivity index (χ2n) is 4.54. The Kier molecular flexibility index (Phi) is 3.95. The molecule has 1 atom stereocenters. The van der Waals surface area contributed by atoms with Gasteiger partial charge in [0.1, 0.15) is 5.82 Å². The van der Waals surface area contributed by atoms with E-state index < -0.39 is 5.82 Å². The zero-order chi connectivity index (χ0) is 13.9. The fourth-order valence-corrected chi connectivity index (χ4v) is 2.32. The molecule has 0 spiro atoms. The van der Waals surface area contributed by atoms with Gasteiger partial charge >= 0.3 is 0 Å². The highest BCUT2D eigenvalue weighted by molar-refractivity contribution is 6.33. The summed E-state index contributed by atoms with van der Waals surface area (Å²) in [7, 11) is 0. The van der Waals surface area contributed by atoms with Crippen LogP contribution in [0, 0.1) is 5.82 Å². The van der Waals surface area contributed by atoms with Crippen molar-refractivity contribution in [1.82, 2.24) is 15.5 Å². The SMILES string of the molecule is Fc1ccc(-c2noc(CC3CNCCO3)n2)c(Cl)c1. The topological polar surface area (TPSA) is 60.2 Å². The zero-order valence-corrected chi connectivity index (χ0v) is 11.4. The van der Waals surface area contributed by atoms with Crippen LogP contribution in [0.2, 0.25) is 5.02 Å². The lowest BCUT2D eigenvalue weighted by Crippen LogP contribution is -2.39. The van der Waals surface area contributed by atoms with Crippen LogP contribution in [0.25, 0.3) is 11.4 Å². The zero-order valence-electron chi connectivity index (χ0n) is 10.6. The summed E-state index contributed by atoms with van der Waals surface area (Å²) in [5.74, 6) is 0.437. The maximum atomic E-state index is 13.0. The lowest BCUT2D eigenvalue weighted by molar-refractivity contribution is 0.0246. The summed E-state index contributed by atoms with van der Waals surface area (Å²) < 4.78 is 23.8. The number of nitrogens with zero attached hydrogens (tertiary/aromatic N) is 2. The van der Waals surface area contributed by atoms with Gasteiger partial charge in [0.15, 0.2) is 0 Å². The minimum Gasteiger partial charge on any atom is -0.375 e. The highest BCUT2D eigenvalue weighted by atomic mass is 35.5. The van der Waals surface area contributed by atoms with Gasteiger partial charge in [-0.1, -0.05) is 16.8 Å². The summed E-state index contributed by atoms with van der Waals surface area (Å²) in [6, 6.07) is 4.07. The van der Waals surface area contributed by atoms with Gasteiger partial charge in [0, 0.05) is 18.7 Å². The maximum Gasteiger partial charge on any atom is 0.229 e. The number of nitrogens with one attached hydrogen (secondary N) is 1. The minimum atomic E-state index is -0.399. The van der Waals surface area contributed by atoms with Crippen LogP contribution in [0.1, 0.15) is 5.89 Å². The van der Waals surface area contributed by atoms with Gasteiger partial charge < -0.3 is 14.6 Å². The number of aromatic nitrogens is 2. The van der Waals surface area contributed by atoms with E-state index in [-0.39, 0.29) is 11.1 Å². The largest absolute Gasteiger partial charge is 0.375 e. The molecule has 2 heterocycles. The Labute approximate surface area is 120 Å². The van der Waals surface area contributed by atoms with Gasteiger partial charge in [0.05, 0.1) is 24.2 Å². The Balaban J connectivity index is 1.75. The standard InChI is InChI=1S/C13H13ClFN3O2/c14-11-5-8(15)1-2-10(11)13-17-12(20-18-13)6-9-7-16-3-4-19-9/h1-2,5,9,16H,3-4,6-7H2. The Morgan fingerprint density at radius 2 is 2.35 bits per heavy atom. The lowest BCUT2D eigenvalue weighted by Gasteiger charge is -2.21. The second-order valence-corrected chi connectivity index (χ2v) is 4.94. The van der Waals surface area contributed by atoms with Crippen LogP contribution in [0.3, 0.4) is 0 Å². The number of benzene rings is 1. The van der Waals surface area contributed by atoms with Crippen LogP contribution in [0.4, 0.5) is 4.39 Å². The molecule has 20 heavy (non-hydrogen) atoms. The smallest absolute Gasteiger partial charge is 0.229 e. The van der Waals surface area contributed by atoms with Crippen molar-refractivity contribution >= 4 is 11.6 Å². The molecule has 3 rings (SSSR count). The molecule has 1 unspecified atom stereocenters.